The molecule has 0 unspecified atom stereocenters. The number of carbonyl (C=O) groups is 1. The smallest absolute Gasteiger partial charge is 0.253 e. The number of rotatable bonds is 10. The number of nitrogens with zero attached hydrogens (tertiary/aromatic N) is 1. The summed E-state index contributed by atoms with van der Waals surface area (Å²) in [6, 6.07) is 15.2. The Hall–Kier alpha value is -2.53. The zero-order valence-corrected chi connectivity index (χ0v) is 15.9. The minimum Gasteiger partial charge on any atom is -0.497 e. The topological polar surface area (TPSA) is 53.6 Å². The standard InChI is InChI=1S/C21H29N3O2/c1-4-24(5-2)16-8-15-22-21(25)19-9-6-7-10-20(19)23-17-11-13-18(26-3)14-12-17/h6-7,9-14,23H,4-5,8,15-16H2,1-3H3,(H,22,25). The fourth-order valence-electron chi connectivity index (χ4n) is 2.76. The van der Waals surface area contributed by atoms with Crippen molar-refractivity contribution in [3.63, 3.8) is 0 Å². The Morgan fingerprint density at radius 2 is 1.73 bits per heavy atom. The highest BCUT2D eigenvalue weighted by Crippen LogP contribution is 2.22. The lowest BCUT2D eigenvalue weighted by molar-refractivity contribution is 0.0952. The van der Waals surface area contributed by atoms with Crippen molar-refractivity contribution in [3.8, 4) is 5.75 Å². The number of para-hydroxylation sites is 1. The van der Waals surface area contributed by atoms with E-state index >= 15 is 0 Å². The summed E-state index contributed by atoms with van der Waals surface area (Å²) in [4.78, 5) is 14.9. The lowest BCUT2D eigenvalue weighted by Gasteiger charge is -2.18. The van der Waals surface area contributed by atoms with Crippen LogP contribution in [-0.2, 0) is 0 Å². The van der Waals surface area contributed by atoms with Crippen molar-refractivity contribution < 1.29 is 9.53 Å². The van der Waals surface area contributed by atoms with E-state index in [1.165, 1.54) is 0 Å². The van der Waals surface area contributed by atoms with E-state index in [0.29, 0.717) is 12.1 Å². The van der Waals surface area contributed by atoms with E-state index in [2.05, 4.69) is 29.4 Å². The summed E-state index contributed by atoms with van der Waals surface area (Å²) in [5.74, 6) is 0.746. The molecule has 1 amide bonds. The van der Waals surface area contributed by atoms with Crippen LogP contribution in [0.4, 0.5) is 11.4 Å². The van der Waals surface area contributed by atoms with E-state index in [1.54, 1.807) is 7.11 Å². The molecule has 0 fully saturated rings. The number of nitrogens with one attached hydrogen (secondary N) is 2. The third kappa shape index (κ3) is 5.77. The molecule has 0 saturated heterocycles. The van der Waals surface area contributed by atoms with Gasteiger partial charge in [-0.15, -0.1) is 0 Å². The zero-order valence-electron chi connectivity index (χ0n) is 15.9. The summed E-state index contributed by atoms with van der Waals surface area (Å²) in [5.41, 5.74) is 2.35. The number of methoxy groups -OCH3 is 1. The van der Waals surface area contributed by atoms with Gasteiger partial charge in [-0.2, -0.15) is 0 Å². The van der Waals surface area contributed by atoms with Crippen molar-refractivity contribution in [2.45, 2.75) is 20.3 Å². The molecule has 0 bridgehead atoms. The molecule has 0 radical (unpaired) electrons. The van der Waals surface area contributed by atoms with Crippen molar-refractivity contribution in [2.75, 3.05) is 38.6 Å². The summed E-state index contributed by atoms with van der Waals surface area (Å²) in [6.07, 6.45) is 0.946. The van der Waals surface area contributed by atoms with Gasteiger partial charge in [-0.1, -0.05) is 26.0 Å². The van der Waals surface area contributed by atoms with Crippen LogP contribution in [-0.4, -0.2) is 44.1 Å². The predicted octanol–water partition coefficient (Wildman–Crippen LogP) is 3.90. The quantitative estimate of drug-likeness (QED) is 0.635. The van der Waals surface area contributed by atoms with Crippen LogP contribution in [0.25, 0.3) is 0 Å². The van der Waals surface area contributed by atoms with Gasteiger partial charge in [0.05, 0.1) is 18.4 Å². The molecule has 26 heavy (non-hydrogen) atoms. The largest absolute Gasteiger partial charge is 0.497 e. The number of hydrogen-bond acceptors (Lipinski definition) is 4. The number of amides is 1. The highest BCUT2D eigenvalue weighted by Gasteiger charge is 2.11. The average Bonchev–Trinajstić information content (AvgIpc) is 2.69. The first-order valence-corrected chi connectivity index (χ1v) is 9.18. The van der Waals surface area contributed by atoms with Gasteiger partial charge in [0.2, 0.25) is 0 Å². The maximum absolute atomic E-state index is 12.6. The first kappa shape index (κ1) is 19.8. The fourth-order valence-corrected chi connectivity index (χ4v) is 2.76. The highest BCUT2D eigenvalue weighted by atomic mass is 16.5. The van der Waals surface area contributed by atoms with Gasteiger partial charge in [0.25, 0.3) is 5.91 Å². The Kier molecular flexibility index (Phi) is 7.96. The molecule has 2 aromatic rings. The molecule has 0 saturated carbocycles. The minimum absolute atomic E-state index is 0.0545. The summed E-state index contributed by atoms with van der Waals surface area (Å²) in [5, 5.41) is 6.33. The molecule has 2 N–H and O–H groups in total. The van der Waals surface area contributed by atoms with Crippen LogP contribution in [0.2, 0.25) is 0 Å². The van der Waals surface area contributed by atoms with Crippen LogP contribution >= 0.6 is 0 Å². The summed E-state index contributed by atoms with van der Waals surface area (Å²) in [7, 11) is 1.64. The average molecular weight is 355 g/mol. The van der Waals surface area contributed by atoms with Gasteiger partial charge in [0.1, 0.15) is 5.75 Å². The molecular formula is C21H29N3O2. The molecule has 0 spiro atoms. The second kappa shape index (κ2) is 10.5. The number of hydrogen-bond donors (Lipinski definition) is 2. The molecule has 140 valence electrons. The van der Waals surface area contributed by atoms with Gasteiger partial charge in [-0.25, -0.2) is 0 Å². The van der Waals surface area contributed by atoms with Gasteiger partial charge in [0, 0.05) is 12.2 Å². The zero-order chi connectivity index (χ0) is 18.8. The van der Waals surface area contributed by atoms with E-state index in [0.717, 1.165) is 43.2 Å². The molecule has 0 atom stereocenters. The third-order valence-electron chi connectivity index (χ3n) is 4.37. The van der Waals surface area contributed by atoms with Crippen LogP contribution in [0.1, 0.15) is 30.6 Å². The SMILES string of the molecule is CCN(CC)CCCNC(=O)c1ccccc1Nc1ccc(OC)cc1. The number of benzene rings is 2. The number of ether oxygens (including phenoxy) is 1. The summed E-state index contributed by atoms with van der Waals surface area (Å²) >= 11 is 0. The first-order chi connectivity index (χ1) is 12.7. The van der Waals surface area contributed by atoms with Gasteiger partial charge in [-0.3, -0.25) is 4.79 Å². The highest BCUT2D eigenvalue weighted by molar-refractivity contribution is 6.00. The van der Waals surface area contributed by atoms with E-state index in [1.807, 2.05) is 48.5 Å². The molecule has 0 aliphatic heterocycles. The lowest BCUT2D eigenvalue weighted by Crippen LogP contribution is -2.30. The predicted molar refractivity (Wildman–Crippen MR) is 107 cm³/mol. The van der Waals surface area contributed by atoms with Gasteiger partial charge >= 0.3 is 0 Å². The van der Waals surface area contributed by atoms with Crippen molar-refractivity contribution in [1.82, 2.24) is 10.2 Å². The van der Waals surface area contributed by atoms with Crippen LogP contribution in [0.15, 0.2) is 48.5 Å². The minimum atomic E-state index is -0.0545. The fraction of sp³-hybridized carbons (Fsp3) is 0.381. The maximum Gasteiger partial charge on any atom is 0.253 e. The molecule has 2 rings (SSSR count). The molecule has 0 heterocycles. The summed E-state index contributed by atoms with van der Waals surface area (Å²) < 4.78 is 5.17. The monoisotopic (exact) mass is 355 g/mol. The first-order valence-electron chi connectivity index (χ1n) is 9.18. The molecule has 0 aliphatic rings. The molecule has 0 aromatic heterocycles. The van der Waals surface area contributed by atoms with Crippen molar-refractivity contribution in [3.05, 3.63) is 54.1 Å². The molecule has 5 nitrogen and oxygen atoms in total. The number of anilines is 2. The second-order valence-electron chi connectivity index (χ2n) is 6.04. The Morgan fingerprint density at radius 1 is 1.04 bits per heavy atom. The molecular weight excluding hydrogens is 326 g/mol. The van der Waals surface area contributed by atoms with Crippen molar-refractivity contribution in [2.24, 2.45) is 0 Å². The van der Waals surface area contributed by atoms with E-state index < -0.39 is 0 Å². The van der Waals surface area contributed by atoms with Crippen LogP contribution < -0.4 is 15.4 Å². The van der Waals surface area contributed by atoms with E-state index in [9.17, 15) is 4.79 Å². The van der Waals surface area contributed by atoms with Crippen LogP contribution in [0.5, 0.6) is 5.75 Å². The van der Waals surface area contributed by atoms with Crippen molar-refractivity contribution >= 4 is 17.3 Å². The Balaban J connectivity index is 1.95. The van der Waals surface area contributed by atoms with Gasteiger partial charge in [0.15, 0.2) is 0 Å². The normalized spacial score (nSPS) is 10.6. The van der Waals surface area contributed by atoms with Crippen molar-refractivity contribution in [1.29, 1.82) is 0 Å². The molecule has 2 aromatic carbocycles. The Bertz CT molecular complexity index is 682. The third-order valence-corrected chi connectivity index (χ3v) is 4.37. The second-order valence-corrected chi connectivity index (χ2v) is 6.04. The van der Waals surface area contributed by atoms with Crippen LogP contribution in [0, 0.1) is 0 Å². The van der Waals surface area contributed by atoms with Gasteiger partial charge in [-0.05, 0) is 62.5 Å². The van der Waals surface area contributed by atoms with E-state index in [4.69, 9.17) is 4.74 Å². The van der Waals surface area contributed by atoms with E-state index in [-0.39, 0.29) is 5.91 Å². The maximum atomic E-state index is 12.6. The summed E-state index contributed by atoms with van der Waals surface area (Å²) in [6.45, 7) is 8.07. The molecule has 0 aliphatic carbocycles. The Morgan fingerprint density at radius 3 is 2.38 bits per heavy atom. The number of carbonyl (C=O) groups excluding carboxylic acids is 1. The molecule has 5 heteroatoms. The Labute approximate surface area is 156 Å². The lowest BCUT2D eigenvalue weighted by atomic mass is 10.1. The van der Waals surface area contributed by atoms with Gasteiger partial charge < -0.3 is 20.3 Å². The van der Waals surface area contributed by atoms with Crippen LogP contribution in [0.3, 0.4) is 0 Å².